The molecule has 1 unspecified atom stereocenters. The fourth-order valence-electron chi connectivity index (χ4n) is 1.25. The van der Waals surface area contributed by atoms with Crippen molar-refractivity contribution in [2.24, 2.45) is 0 Å². The van der Waals surface area contributed by atoms with Gasteiger partial charge in [0.1, 0.15) is 6.04 Å². The van der Waals surface area contributed by atoms with Crippen LogP contribution in [0.3, 0.4) is 0 Å². The molecule has 6 nitrogen and oxygen atoms in total. The maximum Gasteiger partial charge on any atom is 0.326 e. The molecule has 1 aromatic heterocycles. The lowest BCUT2D eigenvalue weighted by Crippen LogP contribution is -2.40. The molecule has 1 atom stereocenters. The first-order valence-corrected chi connectivity index (χ1v) is 5.13. The summed E-state index contributed by atoms with van der Waals surface area (Å²) in [7, 11) is 0. The molecular formula is C10H15N3O3. The molecule has 0 fully saturated rings. The first-order chi connectivity index (χ1) is 7.63. The highest BCUT2D eigenvalue weighted by Gasteiger charge is 2.16. The van der Waals surface area contributed by atoms with Gasteiger partial charge in [0.25, 0.3) is 0 Å². The van der Waals surface area contributed by atoms with E-state index in [0.717, 1.165) is 0 Å². The molecule has 1 rings (SSSR count). The van der Waals surface area contributed by atoms with Crippen molar-refractivity contribution in [1.82, 2.24) is 15.1 Å². The van der Waals surface area contributed by atoms with E-state index in [0.29, 0.717) is 13.0 Å². The van der Waals surface area contributed by atoms with Crippen LogP contribution in [0.15, 0.2) is 18.5 Å². The molecular weight excluding hydrogens is 210 g/mol. The van der Waals surface area contributed by atoms with Crippen LogP contribution in [0.2, 0.25) is 0 Å². The van der Waals surface area contributed by atoms with Gasteiger partial charge in [-0.15, -0.1) is 0 Å². The minimum atomic E-state index is -1.00. The molecule has 0 saturated heterocycles. The van der Waals surface area contributed by atoms with Gasteiger partial charge in [-0.3, -0.25) is 9.48 Å². The number of hydrogen-bond donors (Lipinski definition) is 2. The van der Waals surface area contributed by atoms with Gasteiger partial charge in [-0.1, -0.05) is 6.92 Å². The van der Waals surface area contributed by atoms with Crippen molar-refractivity contribution in [2.45, 2.75) is 32.4 Å². The van der Waals surface area contributed by atoms with E-state index in [9.17, 15) is 9.59 Å². The zero-order valence-corrected chi connectivity index (χ0v) is 9.09. The topological polar surface area (TPSA) is 84.2 Å². The van der Waals surface area contributed by atoms with E-state index in [-0.39, 0.29) is 12.3 Å². The van der Waals surface area contributed by atoms with Crippen LogP contribution in [0.5, 0.6) is 0 Å². The number of amides is 1. The normalized spacial score (nSPS) is 12.1. The molecule has 0 aliphatic carbocycles. The standard InChI is InChI=1S/C10H15N3O3/c1-2-8(10(15)16)12-9(14)4-7-13-6-3-5-11-13/h3,5-6,8H,2,4,7H2,1H3,(H,12,14)(H,15,16). The van der Waals surface area contributed by atoms with Crippen molar-refractivity contribution in [1.29, 1.82) is 0 Å². The monoisotopic (exact) mass is 225 g/mol. The maximum atomic E-state index is 11.4. The molecule has 0 saturated carbocycles. The van der Waals surface area contributed by atoms with E-state index in [4.69, 9.17) is 5.11 Å². The lowest BCUT2D eigenvalue weighted by Gasteiger charge is -2.11. The average molecular weight is 225 g/mol. The first-order valence-electron chi connectivity index (χ1n) is 5.13. The van der Waals surface area contributed by atoms with Crippen LogP contribution in [-0.2, 0) is 16.1 Å². The summed E-state index contributed by atoms with van der Waals surface area (Å²) in [5.41, 5.74) is 0. The zero-order chi connectivity index (χ0) is 12.0. The number of hydrogen-bond acceptors (Lipinski definition) is 3. The van der Waals surface area contributed by atoms with Gasteiger partial charge < -0.3 is 10.4 Å². The van der Waals surface area contributed by atoms with Gasteiger partial charge in [0, 0.05) is 25.4 Å². The Morgan fingerprint density at radius 3 is 2.81 bits per heavy atom. The highest BCUT2D eigenvalue weighted by molar-refractivity contribution is 5.83. The van der Waals surface area contributed by atoms with Crippen LogP contribution in [0, 0.1) is 0 Å². The molecule has 88 valence electrons. The summed E-state index contributed by atoms with van der Waals surface area (Å²) < 4.78 is 1.63. The molecule has 0 aromatic carbocycles. The van der Waals surface area contributed by atoms with Crippen molar-refractivity contribution < 1.29 is 14.7 Å². The van der Waals surface area contributed by atoms with Crippen LogP contribution in [0.25, 0.3) is 0 Å². The Hall–Kier alpha value is -1.85. The molecule has 1 amide bonds. The second-order valence-corrected chi connectivity index (χ2v) is 3.39. The number of aryl methyl sites for hydroxylation is 1. The molecule has 1 aromatic rings. The predicted molar refractivity (Wildman–Crippen MR) is 56.7 cm³/mol. The maximum absolute atomic E-state index is 11.4. The molecule has 0 aliphatic heterocycles. The van der Waals surface area contributed by atoms with Crippen LogP contribution in [0.1, 0.15) is 19.8 Å². The summed E-state index contributed by atoms with van der Waals surface area (Å²) in [6.07, 6.45) is 3.99. The van der Waals surface area contributed by atoms with Gasteiger partial charge >= 0.3 is 5.97 Å². The number of carbonyl (C=O) groups is 2. The number of nitrogens with zero attached hydrogens (tertiary/aromatic N) is 2. The van der Waals surface area contributed by atoms with Gasteiger partial charge in [0.15, 0.2) is 0 Å². The molecule has 6 heteroatoms. The number of nitrogens with one attached hydrogen (secondary N) is 1. The third-order valence-corrected chi connectivity index (χ3v) is 2.17. The summed E-state index contributed by atoms with van der Waals surface area (Å²) in [5.74, 6) is -1.28. The SMILES string of the molecule is CCC(NC(=O)CCn1cccn1)C(=O)O. The summed E-state index contributed by atoms with van der Waals surface area (Å²) in [6, 6.07) is 0.967. The van der Waals surface area contributed by atoms with Gasteiger partial charge in [-0.2, -0.15) is 5.10 Å². The first kappa shape index (κ1) is 12.2. The van der Waals surface area contributed by atoms with E-state index in [1.165, 1.54) is 0 Å². The van der Waals surface area contributed by atoms with Crippen molar-refractivity contribution >= 4 is 11.9 Å². The van der Waals surface area contributed by atoms with E-state index >= 15 is 0 Å². The van der Waals surface area contributed by atoms with E-state index < -0.39 is 12.0 Å². The summed E-state index contributed by atoms with van der Waals surface area (Å²) in [5, 5.41) is 15.1. The number of carbonyl (C=O) groups excluding carboxylic acids is 1. The number of carboxylic acid groups (broad SMARTS) is 1. The molecule has 1 heterocycles. The molecule has 0 radical (unpaired) electrons. The fourth-order valence-corrected chi connectivity index (χ4v) is 1.25. The molecule has 0 spiro atoms. The van der Waals surface area contributed by atoms with Crippen LogP contribution < -0.4 is 5.32 Å². The Kier molecular flexibility index (Phi) is 4.50. The minimum absolute atomic E-state index is 0.228. The van der Waals surface area contributed by atoms with Gasteiger partial charge in [-0.05, 0) is 12.5 Å². The van der Waals surface area contributed by atoms with Crippen molar-refractivity contribution in [3.63, 3.8) is 0 Å². The van der Waals surface area contributed by atoms with Crippen molar-refractivity contribution in [3.8, 4) is 0 Å². The Morgan fingerprint density at radius 1 is 1.56 bits per heavy atom. The number of rotatable bonds is 6. The lowest BCUT2D eigenvalue weighted by molar-refractivity contribution is -0.141. The second-order valence-electron chi connectivity index (χ2n) is 3.39. The minimum Gasteiger partial charge on any atom is -0.480 e. The Morgan fingerprint density at radius 2 is 2.31 bits per heavy atom. The molecule has 0 bridgehead atoms. The molecule has 2 N–H and O–H groups in total. The van der Waals surface area contributed by atoms with Crippen LogP contribution >= 0.6 is 0 Å². The Labute approximate surface area is 93.3 Å². The largest absolute Gasteiger partial charge is 0.480 e. The average Bonchev–Trinajstić information content (AvgIpc) is 2.75. The van der Waals surface area contributed by atoms with Crippen molar-refractivity contribution in [2.75, 3.05) is 0 Å². The summed E-state index contributed by atoms with van der Waals surface area (Å²) >= 11 is 0. The lowest BCUT2D eigenvalue weighted by atomic mass is 10.2. The summed E-state index contributed by atoms with van der Waals surface area (Å²) in [6.45, 7) is 2.17. The second kappa shape index (κ2) is 5.89. The number of carboxylic acids is 1. The predicted octanol–water partition coefficient (Wildman–Crippen LogP) is 0.253. The van der Waals surface area contributed by atoms with Gasteiger partial charge in [0.05, 0.1) is 0 Å². The van der Waals surface area contributed by atoms with E-state index in [1.54, 1.807) is 30.1 Å². The van der Waals surface area contributed by atoms with Gasteiger partial charge in [-0.25, -0.2) is 4.79 Å². The number of aliphatic carboxylic acids is 1. The van der Waals surface area contributed by atoms with Gasteiger partial charge in [0.2, 0.25) is 5.91 Å². The van der Waals surface area contributed by atoms with Crippen molar-refractivity contribution in [3.05, 3.63) is 18.5 Å². The fraction of sp³-hybridized carbons (Fsp3) is 0.500. The zero-order valence-electron chi connectivity index (χ0n) is 9.09. The summed E-state index contributed by atoms with van der Waals surface area (Å²) in [4.78, 5) is 22.1. The number of aromatic nitrogens is 2. The highest BCUT2D eigenvalue weighted by atomic mass is 16.4. The van der Waals surface area contributed by atoms with E-state index in [1.807, 2.05) is 0 Å². The highest BCUT2D eigenvalue weighted by Crippen LogP contribution is 1.94. The van der Waals surface area contributed by atoms with E-state index in [2.05, 4.69) is 10.4 Å². The quantitative estimate of drug-likeness (QED) is 0.727. The van der Waals surface area contributed by atoms with Crippen LogP contribution in [0.4, 0.5) is 0 Å². The molecule has 16 heavy (non-hydrogen) atoms. The smallest absolute Gasteiger partial charge is 0.326 e. The Bertz CT molecular complexity index is 348. The van der Waals surface area contributed by atoms with Crippen LogP contribution in [-0.4, -0.2) is 32.8 Å². The Balaban J connectivity index is 2.33. The third kappa shape index (κ3) is 3.72. The molecule has 0 aliphatic rings. The third-order valence-electron chi connectivity index (χ3n) is 2.17.